The van der Waals surface area contributed by atoms with Crippen molar-refractivity contribution in [2.24, 2.45) is 0 Å². The second-order valence-electron chi connectivity index (χ2n) is 6.65. The van der Waals surface area contributed by atoms with Gasteiger partial charge < -0.3 is 9.69 Å². The molecule has 3 rings (SSSR count). The predicted octanol–water partition coefficient (Wildman–Crippen LogP) is 4.18. The minimum absolute atomic E-state index is 0.224. The zero-order valence-corrected chi connectivity index (χ0v) is 14.9. The third-order valence-corrected chi connectivity index (χ3v) is 5.85. The maximum Gasteiger partial charge on any atom is 0.141 e. The van der Waals surface area contributed by atoms with E-state index in [0.29, 0.717) is 16.1 Å². The van der Waals surface area contributed by atoms with E-state index < -0.39 is 0 Å². The highest BCUT2D eigenvalue weighted by Crippen LogP contribution is 2.31. The van der Waals surface area contributed by atoms with Crippen molar-refractivity contribution in [1.29, 1.82) is 0 Å². The van der Waals surface area contributed by atoms with Gasteiger partial charge in [-0.1, -0.05) is 35.7 Å². The normalized spacial score (nSPS) is 24.7. The molecule has 126 valence electrons. The molecule has 2 aliphatic rings. The van der Waals surface area contributed by atoms with Gasteiger partial charge in [-0.25, -0.2) is 0 Å². The molecule has 2 heterocycles. The fraction of sp³-hybridized carbons (Fsp3) is 0.611. The predicted molar refractivity (Wildman–Crippen MR) is 95.3 cm³/mol. The Labute approximate surface area is 148 Å². The maximum absolute atomic E-state index is 11.9. The van der Waals surface area contributed by atoms with E-state index in [1.54, 1.807) is 6.07 Å². The third kappa shape index (κ3) is 4.08. The van der Waals surface area contributed by atoms with Crippen molar-refractivity contribution in [3.63, 3.8) is 0 Å². The molecule has 2 saturated heterocycles. The molecule has 2 fully saturated rings. The first-order valence-electron chi connectivity index (χ1n) is 8.57. The van der Waals surface area contributed by atoms with Crippen LogP contribution in [0.25, 0.3) is 0 Å². The lowest BCUT2D eigenvalue weighted by Crippen LogP contribution is -2.48. The second kappa shape index (κ2) is 7.98. The van der Waals surface area contributed by atoms with Crippen molar-refractivity contribution in [2.45, 2.75) is 44.2 Å². The Kier molecular flexibility index (Phi) is 5.97. The standard InChI is InChI=1S/C18H24Cl2N2O/c19-16-7-6-14(11-17(16)20)18(13-23)22-10-2-1-5-15(22)12-21-8-3-4-9-21/h6-7,11,13,15,18H,1-5,8-10,12H2/t15-,18?/m0/s1. The first-order chi connectivity index (χ1) is 11.2. The fourth-order valence-electron chi connectivity index (χ4n) is 3.89. The van der Waals surface area contributed by atoms with E-state index in [4.69, 9.17) is 23.2 Å². The van der Waals surface area contributed by atoms with Crippen molar-refractivity contribution in [3.8, 4) is 0 Å². The van der Waals surface area contributed by atoms with E-state index in [1.165, 1.54) is 38.8 Å². The van der Waals surface area contributed by atoms with Crippen LogP contribution in [-0.2, 0) is 4.79 Å². The van der Waals surface area contributed by atoms with E-state index in [-0.39, 0.29) is 6.04 Å². The van der Waals surface area contributed by atoms with Gasteiger partial charge in [-0.05, 0) is 63.0 Å². The first kappa shape index (κ1) is 17.2. The number of nitrogens with zero attached hydrogens (tertiary/aromatic N) is 2. The second-order valence-corrected chi connectivity index (χ2v) is 7.46. The number of halogens is 2. The summed E-state index contributed by atoms with van der Waals surface area (Å²) in [5.74, 6) is 0. The number of hydrogen-bond acceptors (Lipinski definition) is 3. The molecule has 2 atom stereocenters. The molecule has 2 aliphatic heterocycles. The highest BCUT2D eigenvalue weighted by Gasteiger charge is 2.31. The smallest absolute Gasteiger partial charge is 0.141 e. The number of hydrogen-bond donors (Lipinski definition) is 0. The van der Waals surface area contributed by atoms with Gasteiger partial charge in [0, 0.05) is 12.6 Å². The number of aldehydes is 1. The van der Waals surface area contributed by atoms with E-state index in [0.717, 1.165) is 31.4 Å². The average Bonchev–Trinajstić information content (AvgIpc) is 3.06. The Hall–Kier alpha value is -0.610. The van der Waals surface area contributed by atoms with E-state index in [9.17, 15) is 4.79 Å². The van der Waals surface area contributed by atoms with Crippen LogP contribution in [0.4, 0.5) is 0 Å². The fourth-order valence-corrected chi connectivity index (χ4v) is 4.20. The quantitative estimate of drug-likeness (QED) is 0.740. The molecule has 0 saturated carbocycles. The zero-order chi connectivity index (χ0) is 16.2. The molecule has 0 bridgehead atoms. The Morgan fingerprint density at radius 3 is 2.52 bits per heavy atom. The summed E-state index contributed by atoms with van der Waals surface area (Å²) in [7, 11) is 0. The molecule has 0 aromatic heterocycles. The molecule has 5 heteroatoms. The van der Waals surface area contributed by atoms with E-state index >= 15 is 0 Å². The van der Waals surface area contributed by atoms with Gasteiger partial charge in [-0.3, -0.25) is 4.90 Å². The Morgan fingerprint density at radius 1 is 1.09 bits per heavy atom. The van der Waals surface area contributed by atoms with Gasteiger partial charge in [0.15, 0.2) is 0 Å². The molecule has 0 amide bonds. The Morgan fingerprint density at radius 2 is 1.83 bits per heavy atom. The summed E-state index contributed by atoms with van der Waals surface area (Å²) in [6.07, 6.45) is 7.24. The lowest BCUT2D eigenvalue weighted by Gasteiger charge is -2.41. The van der Waals surface area contributed by atoms with Gasteiger partial charge in [0.05, 0.1) is 16.1 Å². The molecule has 0 radical (unpaired) electrons. The highest BCUT2D eigenvalue weighted by molar-refractivity contribution is 6.42. The molecule has 3 nitrogen and oxygen atoms in total. The van der Waals surface area contributed by atoms with Crippen molar-refractivity contribution in [3.05, 3.63) is 33.8 Å². The largest absolute Gasteiger partial charge is 0.302 e. The summed E-state index contributed by atoms with van der Waals surface area (Å²) in [6, 6.07) is 5.78. The summed E-state index contributed by atoms with van der Waals surface area (Å²) in [4.78, 5) is 16.8. The number of benzene rings is 1. The van der Waals surface area contributed by atoms with Crippen LogP contribution in [0.1, 0.15) is 43.7 Å². The first-order valence-corrected chi connectivity index (χ1v) is 9.33. The van der Waals surface area contributed by atoms with Crippen LogP contribution < -0.4 is 0 Å². The third-order valence-electron chi connectivity index (χ3n) is 5.11. The topological polar surface area (TPSA) is 23.6 Å². The summed E-state index contributed by atoms with van der Waals surface area (Å²) < 4.78 is 0. The van der Waals surface area contributed by atoms with Crippen LogP contribution >= 0.6 is 23.2 Å². The summed E-state index contributed by atoms with van der Waals surface area (Å²) in [5, 5.41) is 1.05. The molecular formula is C18H24Cl2N2O. The van der Waals surface area contributed by atoms with Crippen molar-refractivity contribution in [1.82, 2.24) is 9.80 Å². The molecule has 0 N–H and O–H groups in total. The van der Waals surface area contributed by atoms with Crippen molar-refractivity contribution in [2.75, 3.05) is 26.2 Å². The van der Waals surface area contributed by atoms with Crippen LogP contribution in [0.15, 0.2) is 18.2 Å². The van der Waals surface area contributed by atoms with Crippen molar-refractivity contribution < 1.29 is 4.79 Å². The molecular weight excluding hydrogens is 331 g/mol. The number of piperidine rings is 1. The van der Waals surface area contributed by atoms with Gasteiger partial charge in [0.1, 0.15) is 6.29 Å². The SMILES string of the molecule is O=CC(c1ccc(Cl)c(Cl)c1)N1CCCC[C@H]1CN1CCCC1. The zero-order valence-electron chi connectivity index (χ0n) is 13.4. The Balaban J connectivity index is 1.78. The minimum Gasteiger partial charge on any atom is -0.302 e. The summed E-state index contributed by atoms with van der Waals surface area (Å²) >= 11 is 12.2. The van der Waals surface area contributed by atoms with Crippen molar-refractivity contribution >= 4 is 29.5 Å². The highest BCUT2D eigenvalue weighted by atomic mass is 35.5. The van der Waals surface area contributed by atoms with Gasteiger partial charge >= 0.3 is 0 Å². The van der Waals surface area contributed by atoms with Crippen LogP contribution in [-0.4, -0.2) is 48.3 Å². The van der Waals surface area contributed by atoms with Gasteiger partial charge in [-0.2, -0.15) is 0 Å². The number of rotatable bonds is 5. The lowest BCUT2D eigenvalue weighted by atomic mass is 9.96. The molecule has 1 aromatic rings. The lowest BCUT2D eigenvalue weighted by molar-refractivity contribution is -0.114. The maximum atomic E-state index is 11.9. The summed E-state index contributed by atoms with van der Waals surface area (Å²) in [6.45, 7) is 4.44. The molecule has 23 heavy (non-hydrogen) atoms. The number of carbonyl (C=O) groups is 1. The number of carbonyl (C=O) groups excluding carboxylic acids is 1. The van der Waals surface area contributed by atoms with Crippen LogP contribution in [0.3, 0.4) is 0 Å². The Bertz CT molecular complexity index is 546. The van der Waals surface area contributed by atoms with Gasteiger partial charge in [-0.15, -0.1) is 0 Å². The van der Waals surface area contributed by atoms with Crippen LogP contribution in [0, 0.1) is 0 Å². The van der Waals surface area contributed by atoms with Gasteiger partial charge in [0.25, 0.3) is 0 Å². The molecule has 1 aromatic carbocycles. The number of likely N-dealkylation sites (tertiary alicyclic amines) is 2. The van der Waals surface area contributed by atoms with Gasteiger partial charge in [0.2, 0.25) is 0 Å². The molecule has 0 aliphatic carbocycles. The minimum atomic E-state index is -0.224. The van der Waals surface area contributed by atoms with Crippen LogP contribution in [0.2, 0.25) is 10.0 Å². The van der Waals surface area contributed by atoms with E-state index in [1.807, 2.05) is 12.1 Å². The van der Waals surface area contributed by atoms with Crippen LogP contribution in [0.5, 0.6) is 0 Å². The molecule has 1 unspecified atom stereocenters. The summed E-state index contributed by atoms with van der Waals surface area (Å²) in [5.41, 5.74) is 0.947. The molecule has 0 spiro atoms. The van der Waals surface area contributed by atoms with E-state index in [2.05, 4.69) is 9.80 Å². The monoisotopic (exact) mass is 354 g/mol. The average molecular weight is 355 g/mol.